The molecule has 3 N–H and O–H groups in total. The summed E-state index contributed by atoms with van der Waals surface area (Å²) in [5.41, 5.74) is 6.35. The second-order valence-electron chi connectivity index (χ2n) is 4.78. The average Bonchev–Trinajstić information content (AvgIpc) is 2.38. The maximum absolute atomic E-state index is 12.0. The molecule has 0 spiro atoms. The lowest BCUT2D eigenvalue weighted by Crippen LogP contribution is -2.28. The van der Waals surface area contributed by atoms with Crippen LogP contribution in [-0.4, -0.2) is 33.9 Å². The van der Waals surface area contributed by atoms with E-state index in [2.05, 4.69) is 28.5 Å². The Hall–Kier alpha value is -1.30. The number of rotatable bonds is 6. The topological polar surface area (TPSA) is 80.9 Å². The Labute approximate surface area is 118 Å². The summed E-state index contributed by atoms with van der Waals surface area (Å²) >= 11 is 1.78. The molecule has 6 heteroatoms. The van der Waals surface area contributed by atoms with Gasteiger partial charge in [-0.15, -0.1) is 0 Å². The fraction of sp³-hybridized carbons (Fsp3) is 0.615. The van der Waals surface area contributed by atoms with E-state index >= 15 is 0 Å². The van der Waals surface area contributed by atoms with Gasteiger partial charge in [0.2, 0.25) is 0 Å². The molecule has 0 bridgehead atoms. The molecule has 106 valence electrons. The zero-order valence-corrected chi connectivity index (χ0v) is 12.8. The number of thioether (sulfide) groups is 1. The number of hydrogen-bond acceptors (Lipinski definition) is 5. The highest BCUT2D eigenvalue weighted by Gasteiger charge is 2.14. The maximum atomic E-state index is 12.0. The molecule has 1 atom stereocenters. The molecular weight excluding hydrogens is 260 g/mol. The van der Waals surface area contributed by atoms with Crippen LogP contribution in [0.25, 0.3) is 0 Å². The highest BCUT2D eigenvalue weighted by Crippen LogP contribution is 2.13. The standard InChI is InChI=1S/C13H22N4OS/c1-8(2)12-16-7-10(14)11(17-12)13(18)15-6-5-9(3)19-4/h7-9H,5-6,14H2,1-4H3,(H,15,18). The predicted octanol–water partition coefficient (Wildman–Crippen LogP) is 2.05. The molecule has 1 heterocycles. The molecule has 0 aliphatic rings. The Kier molecular flexibility index (Phi) is 6.08. The molecule has 1 unspecified atom stereocenters. The first-order valence-corrected chi connectivity index (χ1v) is 7.67. The van der Waals surface area contributed by atoms with E-state index in [0.717, 1.165) is 6.42 Å². The van der Waals surface area contributed by atoms with Crippen molar-refractivity contribution in [1.29, 1.82) is 0 Å². The predicted molar refractivity (Wildman–Crippen MR) is 80.5 cm³/mol. The lowest BCUT2D eigenvalue weighted by Gasteiger charge is -2.11. The molecular formula is C13H22N4OS. The molecule has 19 heavy (non-hydrogen) atoms. The fourth-order valence-electron chi connectivity index (χ4n) is 1.46. The first-order chi connectivity index (χ1) is 8.95. The van der Waals surface area contributed by atoms with Gasteiger partial charge in [-0.05, 0) is 12.7 Å². The first-order valence-electron chi connectivity index (χ1n) is 6.39. The van der Waals surface area contributed by atoms with Crippen LogP contribution in [0.5, 0.6) is 0 Å². The molecule has 0 aliphatic carbocycles. The second-order valence-corrected chi connectivity index (χ2v) is 6.05. The third-order valence-corrected chi connectivity index (χ3v) is 3.85. The summed E-state index contributed by atoms with van der Waals surface area (Å²) in [4.78, 5) is 20.4. The van der Waals surface area contributed by atoms with Crippen molar-refractivity contribution in [3.05, 3.63) is 17.7 Å². The van der Waals surface area contributed by atoms with Gasteiger partial charge < -0.3 is 11.1 Å². The van der Waals surface area contributed by atoms with Gasteiger partial charge in [0.1, 0.15) is 5.82 Å². The van der Waals surface area contributed by atoms with Crippen molar-refractivity contribution >= 4 is 23.4 Å². The Balaban J connectivity index is 2.68. The second kappa shape index (κ2) is 7.33. The lowest BCUT2D eigenvalue weighted by atomic mass is 10.2. The van der Waals surface area contributed by atoms with Crippen molar-refractivity contribution in [2.75, 3.05) is 18.5 Å². The number of nitrogen functional groups attached to an aromatic ring is 1. The molecule has 0 fully saturated rings. The molecule has 0 saturated carbocycles. The van der Waals surface area contributed by atoms with Crippen LogP contribution in [-0.2, 0) is 0 Å². The van der Waals surface area contributed by atoms with Crippen LogP contribution in [0.15, 0.2) is 6.20 Å². The maximum Gasteiger partial charge on any atom is 0.272 e. The van der Waals surface area contributed by atoms with E-state index in [1.54, 1.807) is 11.8 Å². The van der Waals surface area contributed by atoms with Gasteiger partial charge in [0.05, 0.1) is 11.9 Å². The van der Waals surface area contributed by atoms with Gasteiger partial charge in [-0.25, -0.2) is 9.97 Å². The van der Waals surface area contributed by atoms with Gasteiger partial charge in [-0.1, -0.05) is 20.8 Å². The number of nitrogens with one attached hydrogen (secondary N) is 1. The smallest absolute Gasteiger partial charge is 0.272 e. The monoisotopic (exact) mass is 282 g/mol. The zero-order chi connectivity index (χ0) is 14.4. The minimum Gasteiger partial charge on any atom is -0.396 e. The summed E-state index contributed by atoms with van der Waals surface area (Å²) in [7, 11) is 0. The van der Waals surface area contributed by atoms with Gasteiger partial charge in [0.15, 0.2) is 5.69 Å². The van der Waals surface area contributed by atoms with E-state index in [1.165, 1.54) is 6.20 Å². The molecule has 0 aromatic carbocycles. The summed E-state index contributed by atoms with van der Waals surface area (Å²) in [5, 5.41) is 3.37. The first kappa shape index (κ1) is 15.8. The summed E-state index contributed by atoms with van der Waals surface area (Å²) in [5.74, 6) is 0.579. The van der Waals surface area contributed by atoms with E-state index in [-0.39, 0.29) is 17.5 Å². The molecule has 1 aromatic heterocycles. The number of nitrogens with zero attached hydrogens (tertiary/aromatic N) is 2. The van der Waals surface area contributed by atoms with Crippen molar-refractivity contribution in [1.82, 2.24) is 15.3 Å². The van der Waals surface area contributed by atoms with Crippen LogP contribution >= 0.6 is 11.8 Å². The number of aromatic nitrogens is 2. The highest BCUT2D eigenvalue weighted by atomic mass is 32.2. The number of hydrogen-bond donors (Lipinski definition) is 2. The molecule has 5 nitrogen and oxygen atoms in total. The minimum atomic E-state index is -0.227. The average molecular weight is 282 g/mol. The molecule has 1 aromatic rings. The minimum absolute atomic E-state index is 0.170. The zero-order valence-electron chi connectivity index (χ0n) is 11.9. The summed E-state index contributed by atoms with van der Waals surface area (Å²) in [6.45, 7) is 6.72. The van der Waals surface area contributed by atoms with E-state index in [0.29, 0.717) is 23.3 Å². The van der Waals surface area contributed by atoms with Crippen molar-refractivity contribution in [2.24, 2.45) is 0 Å². The fourth-order valence-corrected chi connectivity index (χ4v) is 1.81. The molecule has 0 aliphatic heterocycles. The van der Waals surface area contributed by atoms with Gasteiger partial charge in [0.25, 0.3) is 5.91 Å². The third-order valence-electron chi connectivity index (χ3n) is 2.81. The summed E-state index contributed by atoms with van der Waals surface area (Å²) < 4.78 is 0. The van der Waals surface area contributed by atoms with Gasteiger partial charge in [-0.3, -0.25) is 4.79 Å². The Morgan fingerprint density at radius 2 is 2.16 bits per heavy atom. The third kappa shape index (κ3) is 4.70. The SMILES string of the molecule is CSC(C)CCNC(=O)c1nc(C(C)C)ncc1N. The Morgan fingerprint density at radius 1 is 1.47 bits per heavy atom. The number of carbonyl (C=O) groups excluding carboxylic acids is 1. The number of anilines is 1. The van der Waals surface area contributed by atoms with E-state index in [4.69, 9.17) is 5.73 Å². The van der Waals surface area contributed by atoms with Crippen LogP contribution < -0.4 is 11.1 Å². The number of amides is 1. The molecule has 1 amide bonds. The van der Waals surface area contributed by atoms with Crippen LogP contribution in [0.2, 0.25) is 0 Å². The van der Waals surface area contributed by atoms with Crippen molar-refractivity contribution in [2.45, 2.75) is 38.4 Å². The lowest BCUT2D eigenvalue weighted by molar-refractivity contribution is 0.0949. The quantitative estimate of drug-likeness (QED) is 0.834. The number of carbonyl (C=O) groups is 1. The highest BCUT2D eigenvalue weighted by molar-refractivity contribution is 7.99. The van der Waals surface area contributed by atoms with Crippen molar-refractivity contribution in [3.8, 4) is 0 Å². The van der Waals surface area contributed by atoms with Crippen molar-refractivity contribution in [3.63, 3.8) is 0 Å². The molecule has 1 rings (SSSR count). The van der Waals surface area contributed by atoms with Gasteiger partial charge >= 0.3 is 0 Å². The summed E-state index contributed by atoms with van der Waals surface area (Å²) in [6, 6.07) is 0. The normalized spacial score (nSPS) is 12.5. The van der Waals surface area contributed by atoms with Crippen LogP contribution in [0.4, 0.5) is 5.69 Å². The summed E-state index contributed by atoms with van der Waals surface area (Å²) in [6.07, 6.45) is 4.49. The van der Waals surface area contributed by atoms with Crippen LogP contribution in [0.1, 0.15) is 49.4 Å². The van der Waals surface area contributed by atoms with E-state index in [9.17, 15) is 4.79 Å². The van der Waals surface area contributed by atoms with E-state index in [1.807, 2.05) is 13.8 Å². The van der Waals surface area contributed by atoms with Gasteiger partial charge in [0, 0.05) is 17.7 Å². The number of nitrogens with two attached hydrogens (primary N) is 1. The van der Waals surface area contributed by atoms with Gasteiger partial charge in [-0.2, -0.15) is 11.8 Å². The molecule has 0 radical (unpaired) electrons. The van der Waals surface area contributed by atoms with Crippen LogP contribution in [0, 0.1) is 0 Å². The molecule has 0 saturated heterocycles. The largest absolute Gasteiger partial charge is 0.396 e. The van der Waals surface area contributed by atoms with Crippen molar-refractivity contribution < 1.29 is 4.79 Å². The Bertz CT molecular complexity index is 437. The Morgan fingerprint density at radius 3 is 2.74 bits per heavy atom. The van der Waals surface area contributed by atoms with Crippen LogP contribution in [0.3, 0.4) is 0 Å². The van der Waals surface area contributed by atoms with E-state index < -0.39 is 0 Å².